The number of hydrogen-bond donors (Lipinski definition) is 1. The first-order valence-electron chi connectivity index (χ1n) is 5.85. The molecule has 1 aliphatic carbocycles. The number of aliphatic carboxylic acids is 1. The average Bonchev–Trinajstić information content (AvgIpc) is 2.93. The summed E-state index contributed by atoms with van der Waals surface area (Å²) >= 11 is 0. The standard InChI is InChI=1S/C14H18O4/c1-13(2)8-14(13,12(15)16)9-5-6-10(17-3)11(7-9)18-4/h5-7H,8H2,1-4H3,(H,15,16). The van der Waals surface area contributed by atoms with Gasteiger partial charge < -0.3 is 14.6 Å². The van der Waals surface area contributed by atoms with Crippen molar-refractivity contribution >= 4 is 5.97 Å². The fraction of sp³-hybridized carbons (Fsp3) is 0.500. The van der Waals surface area contributed by atoms with E-state index in [4.69, 9.17) is 9.47 Å². The third-order valence-corrected chi connectivity index (χ3v) is 3.98. The third kappa shape index (κ3) is 1.55. The monoisotopic (exact) mass is 250 g/mol. The summed E-state index contributed by atoms with van der Waals surface area (Å²) < 4.78 is 10.4. The SMILES string of the molecule is COc1ccc(C2(C(=O)O)CC2(C)C)cc1OC. The molecule has 0 amide bonds. The number of benzene rings is 1. The number of hydrogen-bond acceptors (Lipinski definition) is 3. The molecule has 0 spiro atoms. The molecule has 4 nitrogen and oxygen atoms in total. The molecule has 2 rings (SSSR count). The van der Waals surface area contributed by atoms with E-state index < -0.39 is 11.4 Å². The number of carboxylic acid groups (broad SMARTS) is 1. The summed E-state index contributed by atoms with van der Waals surface area (Å²) in [6.07, 6.45) is 0.644. The number of ether oxygens (including phenoxy) is 2. The second kappa shape index (κ2) is 3.90. The summed E-state index contributed by atoms with van der Waals surface area (Å²) in [6, 6.07) is 5.33. The van der Waals surface area contributed by atoms with Crippen LogP contribution in [0, 0.1) is 5.41 Å². The summed E-state index contributed by atoms with van der Waals surface area (Å²) in [5.74, 6) is 0.401. The number of rotatable bonds is 4. The quantitative estimate of drug-likeness (QED) is 0.891. The van der Waals surface area contributed by atoms with Crippen LogP contribution in [-0.2, 0) is 10.2 Å². The van der Waals surface area contributed by atoms with Crippen molar-refractivity contribution in [1.82, 2.24) is 0 Å². The van der Waals surface area contributed by atoms with Crippen molar-refractivity contribution in [2.24, 2.45) is 5.41 Å². The Hall–Kier alpha value is -1.71. The van der Waals surface area contributed by atoms with E-state index in [1.165, 1.54) is 0 Å². The van der Waals surface area contributed by atoms with Crippen LogP contribution >= 0.6 is 0 Å². The molecule has 4 heteroatoms. The van der Waals surface area contributed by atoms with Crippen molar-refractivity contribution in [2.75, 3.05) is 14.2 Å². The predicted molar refractivity (Wildman–Crippen MR) is 67.3 cm³/mol. The molecule has 0 aromatic heterocycles. The number of methoxy groups -OCH3 is 2. The molecule has 1 aliphatic rings. The van der Waals surface area contributed by atoms with Crippen molar-refractivity contribution in [3.8, 4) is 11.5 Å². The normalized spacial score (nSPS) is 24.4. The molecule has 0 heterocycles. The number of carbonyl (C=O) groups is 1. The van der Waals surface area contributed by atoms with Crippen LogP contribution in [0.1, 0.15) is 25.8 Å². The predicted octanol–water partition coefficient (Wildman–Crippen LogP) is 2.46. The molecule has 0 aliphatic heterocycles. The van der Waals surface area contributed by atoms with Gasteiger partial charge in [0.05, 0.1) is 19.6 Å². The zero-order valence-electron chi connectivity index (χ0n) is 11.1. The molecular formula is C14H18O4. The Morgan fingerprint density at radius 2 is 1.78 bits per heavy atom. The highest BCUT2D eigenvalue weighted by Crippen LogP contribution is 2.64. The number of carboxylic acids is 1. The summed E-state index contributed by atoms with van der Waals surface area (Å²) in [6.45, 7) is 3.94. The van der Waals surface area contributed by atoms with Gasteiger partial charge in [-0.1, -0.05) is 19.9 Å². The van der Waals surface area contributed by atoms with E-state index in [9.17, 15) is 9.90 Å². The molecule has 1 saturated carbocycles. The molecule has 1 aromatic carbocycles. The maximum Gasteiger partial charge on any atom is 0.314 e. The van der Waals surface area contributed by atoms with Gasteiger partial charge in [-0.25, -0.2) is 0 Å². The summed E-state index contributed by atoms with van der Waals surface area (Å²) in [4.78, 5) is 11.6. The lowest BCUT2D eigenvalue weighted by Crippen LogP contribution is -2.25. The zero-order chi connectivity index (χ0) is 13.6. The second-order valence-corrected chi connectivity index (χ2v) is 5.34. The van der Waals surface area contributed by atoms with Gasteiger partial charge in [0.2, 0.25) is 0 Å². The smallest absolute Gasteiger partial charge is 0.314 e. The molecule has 1 aromatic rings. The van der Waals surface area contributed by atoms with Crippen LogP contribution in [0.5, 0.6) is 11.5 Å². The molecule has 1 N–H and O–H groups in total. The second-order valence-electron chi connectivity index (χ2n) is 5.34. The third-order valence-electron chi connectivity index (χ3n) is 3.98. The van der Waals surface area contributed by atoms with Gasteiger partial charge in [-0.05, 0) is 29.5 Å². The Balaban J connectivity index is 2.49. The fourth-order valence-corrected chi connectivity index (χ4v) is 2.70. The van der Waals surface area contributed by atoms with Gasteiger partial charge in [-0.15, -0.1) is 0 Å². The lowest BCUT2D eigenvalue weighted by atomic mass is 9.88. The van der Waals surface area contributed by atoms with Crippen LogP contribution < -0.4 is 9.47 Å². The van der Waals surface area contributed by atoms with Crippen LogP contribution in [-0.4, -0.2) is 25.3 Å². The Bertz CT molecular complexity index is 493. The fourth-order valence-electron chi connectivity index (χ4n) is 2.70. The van der Waals surface area contributed by atoms with Crippen molar-refractivity contribution in [2.45, 2.75) is 25.7 Å². The Morgan fingerprint density at radius 3 is 2.17 bits per heavy atom. The first kappa shape index (κ1) is 12.7. The van der Waals surface area contributed by atoms with E-state index >= 15 is 0 Å². The molecule has 0 saturated heterocycles. The summed E-state index contributed by atoms with van der Waals surface area (Å²) in [5, 5.41) is 9.51. The highest BCUT2D eigenvalue weighted by molar-refractivity contribution is 5.87. The zero-order valence-corrected chi connectivity index (χ0v) is 11.1. The lowest BCUT2D eigenvalue weighted by Gasteiger charge is -2.18. The highest BCUT2D eigenvalue weighted by Gasteiger charge is 2.67. The van der Waals surface area contributed by atoms with Gasteiger partial charge in [0, 0.05) is 0 Å². The minimum absolute atomic E-state index is 0.224. The van der Waals surface area contributed by atoms with Gasteiger partial charge in [-0.2, -0.15) is 0 Å². The van der Waals surface area contributed by atoms with Crippen LogP contribution in [0.3, 0.4) is 0 Å². The maximum absolute atomic E-state index is 11.6. The maximum atomic E-state index is 11.6. The van der Waals surface area contributed by atoms with Gasteiger partial charge >= 0.3 is 5.97 Å². The van der Waals surface area contributed by atoms with E-state index in [0.717, 1.165) is 5.56 Å². The van der Waals surface area contributed by atoms with E-state index in [0.29, 0.717) is 17.9 Å². The van der Waals surface area contributed by atoms with Crippen molar-refractivity contribution in [3.05, 3.63) is 23.8 Å². The van der Waals surface area contributed by atoms with E-state index in [1.54, 1.807) is 26.4 Å². The lowest BCUT2D eigenvalue weighted by molar-refractivity contribution is -0.141. The molecule has 0 radical (unpaired) electrons. The molecule has 1 fully saturated rings. The molecule has 1 atom stereocenters. The molecule has 1 unspecified atom stereocenters. The van der Waals surface area contributed by atoms with E-state index in [-0.39, 0.29) is 5.41 Å². The van der Waals surface area contributed by atoms with E-state index in [1.807, 2.05) is 19.9 Å². The van der Waals surface area contributed by atoms with Crippen LogP contribution in [0.25, 0.3) is 0 Å². The van der Waals surface area contributed by atoms with Crippen LogP contribution in [0.2, 0.25) is 0 Å². The Morgan fingerprint density at radius 1 is 1.22 bits per heavy atom. The van der Waals surface area contributed by atoms with Crippen molar-refractivity contribution in [3.63, 3.8) is 0 Å². The molecule has 98 valence electrons. The van der Waals surface area contributed by atoms with Crippen molar-refractivity contribution < 1.29 is 19.4 Å². The van der Waals surface area contributed by atoms with Gasteiger partial charge in [0.15, 0.2) is 11.5 Å². The Labute approximate surface area is 107 Å². The van der Waals surface area contributed by atoms with Crippen molar-refractivity contribution in [1.29, 1.82) is 0 Å². The largest absolute Gasteiger partial charge is 0.493 e. The average molecular weight is 250 g/mol. The minimum atomic E-state index is -0.799. The molecule has 0 bridgehead atoms. The molecular weight excluding hydrogens is 232 g/mol. The minimum Gasteiger partial charge on any atom is -0.493 e. The summed E-state index contributed by atoms with van der Waals surface area (Å²) in [7, 11) is 3.11. The first-order valence-corrected chi connectivity index (χ1v) is 5.85. The molecule has 18 heavy (non-hydrogen) atoms. The van der Waals surface area contributed by atoms with Gasteiger partial charge in [0.25, 0.3) is 0 Å². The topological polar surface area (TPSA) is 55.8 Å². The van der Waals surface area contributed by atoms with Gasteiger partial charge in [-0.3, -0.25) is 4.79 Å². The first-order chi connectivity index (χ1) is 8.39. The van der Waals surface area contributed by atoms with Crippen LogP contribution in [0.4, 0.5) is 0 Å². The summed E-state index contributed by atoms with van der Waals surface area (Å²) in [5.41, 5.74) is -0.247. The Kier molecular flexibility index (Phi) is 2.76. The van der Waals surface area contributed by atoms with E-state index in [2.05, 4.69) is 0 Å². The van der Waals surface area contributed by atoms with Gasteiger partial charge in [0.1, 0.15) is 0 Å². The highest BCUT2D eigenvalue weighted by atomic mass is 16.5. The van der Waals surface area contributed by atoms with Crippen LogP contribution in [0.15, 0.2) is 18.2 Å².